The number of rotatable bonds is 5. The van der Waals surface area contributed by atoms with Crippen molar-refractivity contribution in [3.05, 3.63) is 76.5 Å². The third-order valence-corrected chi connectivity index (χ3v) is 6.28. The van der Waals surface area contributed by atoms with Crippen LogP contribution in [0.1, 0.15) is 38.6 Å². The summed E-state index contributed by atoms with van der Waals surface area (Å²) in [6.45, 7) is 1.87. The van der Waals surface area contributed by atoms with Crippen LogP contribution in [-0.4, -0.2) is 27.6 Å². The Morgan fingerprint density at radius 3 is 2.58 bits per heavy atom. The number of para-hydroxylation sites is 1. The largest absolute Gasteiger partial charge is 0.349 e. The quantitative estimate of drug-likeness (QED) is 0.479. The van der Waals surface area contributed by atoms with E-state index in [4.69, 9.17) is 0 Å². The Morgan fingerprint density at radius 2 is 1.84 bits per heavy atom. The highest BCUT2D eigenvalue weighted by Gasteiger charge is 2.25. The van der Waals surface area contributed by atoms with Gasteiger partial charge in [0.05, 0.1) is 27.5 Å². The van der Waals surface area contributed by atoms with Crippen molar-refractivity contribution in [2.45, 2.75) is 25.8 Å². The number of nitrogens with one attached hydrogen (secondary N) is 2. The van der Waals surface area contributed by atoms with Crippen LogP contribution in [0, 0.1) is 12.7 Å². The van der Waals surface area contributed by atoms with Gasteiger partial charge in [-0.2, -0.15) is 5.10 Å². The van der Waals surface area contributed by atoms with Gasteiger partial charge in [0.25, 0.3) is 11.8 Å². The lowest BCUT2D eigenvalue weighted by Crippen LogP contribution is -2.26. The minimum atomic E-state index is -0.320. The normalized spacial score (nSPS) is 13.4. The number of halogens is 1. The molecule has 1 saturated carbocycles. The van der Waals surface area contributed by atoms with Gasteiger partial charge < -0.3 is 10.6 Å². The van der Waals surface area contributed by atoms with Gasteiger partial charge in [0.15, 0.2) is 0 Å². The van der Waals surface area contributed by atoms with Crippen LogP contribution in [0.4, 0.5) is 10.1 Å². The average Bonchev–Trinajstić information content (AvgIpc) is 3.37. The second-order valence-electron chi connectivity index (χ2n) is 7.55. The molecule has 0 spiro atoms. The Kier molecular flexibility index (Phi) is 4.78. The zero-order valence-electron chi connectivity index (χ0n) is 16.7. The summed E-state index contributed by atoms with van der Waals surface area (Å²) in [5, 5.41) is 11.2. The lowest BCUT2D eigenvalue weighted by atomic mass is 10.1. The number of benzene rings is 2. The third kappa shape index (κ3) is 3.82. The lowest BCUT2D eigenvalue weighted by Gasteiger charge is -2.10. The summed E-state index contributed by atoms with van der Waals surface area (Å²) in [5.74, 6) is -0.796. The van der Waals surface area contributed by atoms with Crippen molar-refractivity contribution in [1.29, 1.82) is 0 Å². The van der Waals surface area contributed by atoms with E-state index in [9.17, 15) is 14.0 Å². The van der Waals surface area contributed by atoms with E-state index in [1.807, 2.05) is 6.92 Å². The summed E-state index contributed by atoms with van der Waals surface area (Å²) in [6.07, 6.45) is 1.99. The number of aromatic nitrogens is 2. The van der Waals surface area contributed by atoms with E-state index >= 15 is 0 Å². The molecule has 0 bridgehead atoms. The predicted molar refractivity (Wildman–Crippen MR) is 119 cm³/mol. The van der Waals surface area contributed by atoms with Crippen molar-refractivity contribution in [3.63, 3.8) is 0 Å². The Labute approximate surface area is 181 Å². The van der Waals surface area contributed by atoms with Crippen molar-refractivity contribution in [3.8, 4) is 5.69 Å². The number of anilines is 1. The molecule has 2 heterocycles. The number of thiophene rings is 1. The Balaban J connectivity index is 1.44. The number of hydrogen-bond acceptors (Lipinski definition) is 4. The molecule has 2 aromatic heterocycles. The predicted octanol–water partition coefficient (Wildman–Crippen LogP) is 4.68. The summed E-state index contributed by atoms with van der Waals surface area (Å²) in [6, 6.07) is 15.1. The van der Waals surface area contributed by atoms with Gasteiger partial charge in [-0.25, -0.2) is 9.07 Å². The lowest BCUT2D eigenvalue weighted by molar-refractivity contribution is 0.0952. The van der Waals surface area contributed by atoms with Crippen LogP contribution in [0.3, 0.4) is 0 Å². The first-order valence-electron chi connectivity index (χ1n) is 9.96. The van der Waals surface area contributed by atoms with Crippen LogP contribution in [0.5, 0.6) is 0 Å². The van der Waals surface area contributed by atoms with Crippen LogP contribution >= 0.6 is 11.3 Å². The maximum absolute atomic E-state index is 13.3. The zero-order chi connectivity index (χ0) is 21.5. The van der Waals surface area contributed by atoms with Gasteiger partial charge >= 0.3 is 0 Å². The van der Waals surface area contributed by atoms with E-state index in [2.05, 4.69) is 15.7 Å². The molecule has 4 aromatic rings. The van der Waals surface area contributed by atoms with Crippen molar-refractivity contribution < 1.29 is 14.0 Å². The van der Waals surface area contributed by atoms with Gasteiger partial charge in [0.1, 0.15) is 10.6 Å². The molecular formula is C23H19FN4O2S. The number of aryl methyl sites for hydroxylation is 1. The second kappa shape index (κ2) is 7.63. The van der Waals surface area contributed by atoms with Crippen molar-refractivity contribution in [2.24, 2.45) is 0 Å². The number of hydrogen-bond donors (Lipinski definition) is 2. The summed E-state index contributed by atoms with van der Waals surface area (Å²) in [4.78, 5) is 26.8. The van der Waals surface area contributed by atoms with Gasteiger partial charge in [-0.1, -0.05) is 12.1 Å². The fourth-order valence-electron chi connectivity index (χ4n) is 3.38. The van der Waals surface area contributed by atoms with Gasteiger partial charge in [-0.3, -0.25) is 9.59 Å². The maximum atomic E-state index is 13.3. The van der Waals surface area contributed by atoms with Crippen molar-refractivity contribution in [2.75, 3.05) is 5.32 Å². The minimum absolute atomic E-state index is 0.183. The molecule has 8 heteroatoms. The van der Waals surface area contributed by atoms with Gasteiger partial charge in [0, 0.05) is 11.4 Å². The van der Waals surface area contributed by atoms with Gasteiger partial charge in [-0.05, 0) is 62.2 Å². The molecule has 5 rings (SSSR count). The van der Waals surface area contributed by atoms with Crippen molar-refractivity contribution >= 4 is 39.1 Å². The molecule has 0 saturated heterocycles. The number of fused-ring (bicyclic) bond motifs is 1. The summed E-state index contributed by atoms with van der Waals surface area (Å²) in [5.41, 5.74) is 2.41. The van der Waals surface area contributed by atoms with E-state index in [1.54, 1.807) is 47.1 Å². The highest BCUT2D eigenvalue weighted by atomic mass is 32.1. The molecule has 156 valence electrons. The molecule has 1 aliphatic carbocycles. The Morgan fingerprint density at radius 1 is 1.10 bits per heavy atom. The van der Waals surface area contributed by atoms with E-state index < -0.39 is 0 Å². The van der Waals surface area contributed by atoms with E-state index in [1.165, 1.54) is 23.5 Å². The highest BCUT2D eigenvalue weighted by molar-refractivity contribution is 7.20. The van der Waals surface area contributed by atoms with E-state index in [-0.39, 0.29) is 23.7 Å². The molecule has 0 unspecified atom stereocenters. The Bertz CT molecular complexity index is 1310. The first kappa shape index (κ1) is 19.4. The average molecular weight is 434 g/mol. The molecule has 2 amide bonds. The van der Waals surface area contributed by atoms with Crippen LogP contribution < -0.4 is 10.6 Å². The van der Waals surface area contributed by atoms with E-state index in [0.717, 1.165) is 34.4 Å². The summed E-state index contributed by atoms with van der Waals surface area (Å²) < 4.78 is 15.0. The molecule has 6 nitrogen and oxygen atoms in total. The van der Waals surface area contributed by atoms with E-state index in [0.29, 0.717) is 16.1 Å². The molecule has 0 atom stereocenters. The summed E-state index contributed by atoms with van der Waals surface area (Å²) >= 11 is 1.30. The SMILES string of the molecule is Cc1nn(-c2ccc(F)cc2)c2sc(C(=O)Nc3ccccc3C(=O)NC3CC3)cc12. The molecule has 2 N–H and O–H groups in total. The zero-order valence-corrected chi connectivity index (χ0v) is 17.5. The molecule has 0 radical (unpaired) electrons. The number of amides is 2. The van der Waals surface area contributed by atoms with Crippen LogP contribution in [0.2, 0.25) is 0 Å². The smallest absolute Gasteiger partial charge is 0.265 e. The van der Waals surface area contributed by atoms with Crippen molar-refractivity contribution in [1.82, 2.24) is 15.1 Å². The fraction of sp³-hybridized carbons (Fsp3) is 0.174. The molecule has 2 aromatic carbocycles. The van der Waals surface area contributed by atoms with Crippen LogP contribution in [0.25, 0.3) is 15.9 Å². The monoisotopic (exact) mass is 434 g/mol. The first-order chi connectivity index (χ1) is 15.0. The highest BCUT2D eigenvalue weighted by Crippen LogP contribution is 2.31. The number of carbonyl (C=O) groups is 2. The molecule has 1 fully saturated rings. The topological polar surface area (TPSA) is 76.0 Å². The molecule has 0 aliphatic heterocycles. The molecule has 1 aliphatic rings. The molecule has 31 heavy (non-hydrogen) atoms. The first-order valence-corrected chi connectivity index (χ1v) is 10.8. The van der Waals surface area contributed by atoms with Crippen LogP contribution in [0.15, 0.2) is 54.6 Å². The number of nitrogens with zero attached hydrogens (tertiary/aromatic N) is 2. The minimum Gasteiger partial charge on any atom is -0.349 e. The van der Waals surface area contributed by atoms with Crippen LogP contribution in [-0.2, 0) is 0 Å². The second-order valence-corrected chi connectivity index (χ2v) is 8.58. The third-order valence-electron chi connectivity index (χ3n) is 5.17. The van der Waals surface area contributed by atoms with Gasteiger partial charge in [-0.15, -0.1) is 11.3 Å². The Hall–Kier alpha value is -3.52. The fourth-order valence-corrected chi connectivity index (χ4v) is 4.46. The molecular weight excluding hydrogens is 415 g/mol. The number of carbonyl (C=O) groups excluding carboxylic acids is 2. The maximum Gasteiger partial charge on any atom is 0.265 e. The summed E-state index contributed by atoms with van der Waals surface area (Å²) in [7, 11) is 0. The van der Waals surface area contributed by atoms with Gasteiger partial charge in [0.2, 0.25) is 0 Å². The standard InChI is InChI=1S/C23H19FN4O2S/c1-13-18-12-20(31-23(18)28(27-13)16-10-6-14(24)7-11-16)22(30)26-19-5-3-2-4-17(19)21(29)25-15-8-9-15/h2-7,10-12,15H,8-9H2,1H3,(H,25,29)(H,26,30).